The Labute approximate surface area is 155 Å². The number of fused-ring (bicyclic) bond motifs is 1. The van der Waals surface area contributed by atoms with Crippen LogP contribution in [0, 0.1) is 0 Å². The average Bonchev–Trinajstić information content (AvgIpc) is 3.21. The summed E-state index contributed by atoms with van der Waals surface area (Å²) in [5, 5.41) is 5.21. The lowest BCUT2D eigenvalue weighted by molar-refractivity contribution is -0.274. The predicted molar refractivity (Wildman–Crippen MR) is 95.3 cm³/mol. The Morgan fingerprint density at radius 2 is 2.00 bits per heavy atom. The number of anilines is 2. The molecule has 0 aliphatic heterocycles. The summed E-state index contributed by atoms with van der Waals surface area (Å²) in [5.74, 6) is -0.294. The van der Waals surface area contributed by atoms with E-state index in [4.69, 9.17) is 0 Å². The third kappa shape index (κ3) is 3.56. The van der Waals surface area contributed by atoms with Crippen molar-refractivity contribution in [2.24, 2.45) is 0 Å². The van der Waals surface area contributed by atoms with Gasteiger partial charge in [0.05, 0.1) is 23.8 Å². The molecule has 138 valence electrons. The average molecular weight is 391 g/mol. The van der Waals surface area contributed by atoms with Crippen LogP contribution < -0.4 is 9.64 Å². The molecule has 27 heavy (non-hydrogen) atoms. The van der Waals surface area contributed by atoms with Crippen molar-refractivity contribution >= 4 is 27.1 Å². The van der Waals surface area contributed by atoms with Crippen molar-refractivity contribution in [3.05, 3.63) is 55.0 Å². The molecule has 4 rings (SSSR count). The van der Waals surface area contributed by atoms with Crippen LogP contribution in [0.25, 0.3) is 16.2 Å². The van der Waals surface area contributed by atoms with Crippen molar-refractivity contribution < 1.29 is 17.9 Å². The number of halogens is 3. The fraction of sp³-hybridized carbons (Fsp3) is 0.118. The first-order chi connectivity index (χ1) is 12.9. The molecule has 0 spiro atoms. The third-order valence-corrected chi connectivity index (χ3v) is 4.76. The Bertz CT molecular complexity index is 1080. The van der Waals surface area contributed by atoms with Crippen LogP contribution in [0.5, 0.6) is 5.75 Å². The maximum atomic E-state index is 12.5. The van der Waals surface area contributed by atoms with Gasteiger partial charge < -0.3 is 9.64 Å². The van der Waals surface area contributed by atoms with Crippen LogP contribution in [0.1, 0.15) is 0 Å². The molecule has 6 nitrogen and oxygen atoms in total. The Balaban J connectivity index is 1.70. The second-order valence-corrected chi connectivity index (χ2v) is 6.50. The van der Waals surface area contributed by atoms with Gasteiger partial charge in [-0.15, -0.1) is 18.3 Å². The van der Waals surface area contributed by atoms with Crippen molar-refractivity contribution in [1.82, 2.24) is 19.6 Å². The predicted octanol–water partition coefficient (Wildman–Crippen LogP) is 4.52. The van der Waals surface area contributed by atoms with E-state index >= 15 is 0 Å². The maximum absolute atomic E-state index is 12.5. The minimum atomic E-state index is -4.74. The molecule has 0 amide bonds. The lowest BCUT2D eigenvalue weighted by Gasteiger charge is -2.14. The minimum Gasteiger partial charge on any atom is -0.406 e. The quantitative estimate of drug-likeness (QED) is 0.512. The molecule has 3 heterocycles. The fourth-order valence-corrected chi connectivity index (χ4v) is 3.39. The van der Waals surface area contributed by atoms with E-state index in [1.54, 1.807) is 29.2 Å². The zero-order valence-corrected chi connectivity index (χ0v) is 14.7. The summed E-state index contributed by atoms with van der Waals surface area (Å²) in [6.07, 6.45) is 0.216. The first kappa shape index (κ1) is 17.3. The van der Waals surface area contributed by atoms with E-state index < -0.39 is 6.36 Å². The SMILES string of the molecule is CN(c1cccnc1)c1nn2c(-c3cccc(OC(F)(F)F)c3)cnc2s1. The summed E-state index contributed by atoms with van der Waals surface area (Å²) in [7, 11) is 1.85. The molecule has 0 fully saturated rings. The summed E-state index contributed by atoms with van der Waals surface area (Å²) in [6, 6.07) is 9.44. The van der Waals surface area contributed by atoms with E-state index in [1.807, 2.05) is 24.1 Å². The van der Waals surface area contributed by atoms with Gasteiger partial charge in [-0.1, -0.05) is 23.5 Å². The number of pyridine rings is 1. The van der Waals surface area contributed by atoms with Crippen LogP contribution in [-0.4, -0.2) is 33.0 Å². The summed E-state index contributed by atoms with van der Waals surface area (Å²) < 4.78 is 43.0. The van der Waals surface area contributed by atoms with Gasteiger partial charge >= 0.3 is 6.36 Å². The fourth-order valence-electron chi connectivity index (χ4n) is 2.53. The highest BCUT2D eigenvalue weighted by Crippen LogP contribution is 2.32. The van der Waals surface area contributed by atoms with Crippen LogP contribution in [0.2, 0.25) is 0 Å². The number of alkyl halides is 3. The second kappa shape index (κ2) is 6.54. The van der Waals surface area contributed by atoms with Gasteiger partial charge in [-0.2, -0.15) is 0 Å². The first-order valence-corrected chi connectivity index (χ1v) is 8.57. The second-order valence-electron chi connectivity index (χ2n) is 5.57. The molecule has 10 heteroatoms. The van der Waals surface area contributed by atoms with E-state index in [-0.39, 0.29) is 5.75 Å². The highest BCUT2D eigenvalue weighted by molar-refractivity contribution is 7.20. The first-order valence-electron chi connectivity index (χ1n) is 7.75. The zero-order chi connectivity index (χ0) is 19.0. The summed E-state index contributed by atoms with van der Waals surface area (Å²) in [4.78, 5) is 10.9. The molecular weight excluding hydrogens is 379 g/mol. The van der Waals surface area contributed by atoms with E-state index in [2.05, 4.69) is 19.8 Å². The van der Waals surface area contributed by atoms with Gasteiger partial charge in [0.1, 0.15) is 5.75 Å². The molecule has 0 radical (unpaired) electrons. The molecule has 0 atom stereocenters. The number of hydrogen-bond donors (Lipinski definition) is 0. The number of benzene rings is 1. The van der Waals surface area contributed by atoms with Crippen molar-refractivity contribution in [2.75, 3.05) is 11.9 Å². The molecule has 0 aliphatic carbocycles. The number of nitrogens with zero attached hydrogens (tertiary/aromatic N) is 5. The molecule has 1 aromatic carbocycles. The van der Waals surface area contributed by atoms with E-state index in [1.165, 1.54) is 29.5 Å². The van der Waals surface area contributed by atoms with Gasteiger partial charge in [0.2, 0.25) is 10.1 Å². The van der Waals surface area contributed by atoms with Gasteiger partial charge in [0.25, 0.3) is 0 Å². The molecular formula is C17H12F3N5OS. The van der Waals surface area contributed by atoms with E-state index in [9.17, 15) is 13.2 Å². The molecule has 3 aromatic heterocycles. The Morgan fingerprint density at radius 1 is 1.15 bits per heavy atom. The maximum Gasteiger partial charge on any atom is 0.573 e. The van der Waals surface area contributed by atoms with Crippen LogP contribution in [0.4, 0.5) is 24.0 Å². The lowest BCUT2D eigenvalue weighted by Crippen LogP contribution is -2.17. The van der Waals surface area contributed by atoms with E-state index in [0.717, 1.165) is 5.69 Å². The largest absolute Gasteiger partial charge is 0.573 e. The van der Waals surface area contributed by atoms with Crippen LogP contribution in [0.3, 0.4) is 0 Å². The molecule has 0 saturated heterocycles. The molecule has 0 bridgehead atoms. The molecule has 0 unspecified atom stereocenters. The van der Waals surface area contributed by atoms with Gasteiger partial charge in [-0.3, -0.25) is 4.98 Å². The van der Waals surface area contributed by atoms with Gasteiger partial charge in [0, 0.05) is 18.8 Å². The molecule has 0 saturated carbocycles. The number of imidazole rings is 1. The van der Waals surface area contributed by atoms with Crippen LogP contribution in [0.15, 0.2) is 55.0 Å². The summed E-state index contributed by atoms with van der Waals surface area (Å²) in [6.45, 7) is 0. The molecule has 4 aromatic rings. The summed E-state index contributed by atoms with van der Waals surface area (Å²) in [5.41, 5.74) is 1.95. The normalized spacial score (nSPS) is 11.7. The van der Waals surface area contributed by atoms with Gasteiger partial charge in [0.15, 0.2) is 0 Å². The summed E-state index contributed by atoms with van der Waals surface area (Å²) >= 11 is 1.36. The zero-order valence-electron chi connectivity index (χ0n) is 13.9. The number of hydrogen-bond acceptors (Lipinski definition) is 6. The van der Waals surface area contributed by atoms with Crippen molar-refractivity contribution in [3.63, 3.8) is 0 Å². The number of rotatable bonds is 4. The lowest BCUT2D eigenvalue weighted by atomic mass is 10.1. The highest BCUT2D eigenvalue weighted by Gasteiger charge is 2.31. The number of ether oxygens (including phenoxy) is 1. The molecule has 0 aliphatic rings. The molecule has 0 N–H and O–H groups in total. The number of aromatic nitrogens is 4. The van der Waals surface area contributed by atoms with Crippen molar-refractivity contribution in [2.45, 2.75) is 6.36 Å². The van der Waals surface area contributed by atoms with Crippen molar-refractivity contribution in [1.29, 1.82) is 0 Å². The minimum absolute atomic E-state index is 0.294. The topological polar surface area (TPSA) is 55.6 Å². The van der Waals surface area contributed by atoms with E-state index in [0.29, 0.717) is 21.3 Å². The van der Waals surface area contributed by atoms with Crippen LogP contribution >= 0.6 is 11.3 Å². The highest BCUT2D eigenvalue weighted by atomic mass is 32.1. The smallest absolute Gasteiger partial charge is 0.406 e. The van der Waals surface area contributed by atoms with Gasteiger partial charge in [-0.25, -0.2) is 9.50 Å². The van der Waals surface area contributed by atoms with Gasteiger partial charge in [-0.05, 0) is 24.3 Å². The Kier molecular flexibility index (Phi) is 4.19. The third-order valence-electron chi connectivity index (χ3n) is 3.76. The standard InChI is InChI=1S/C17H12F3N5OS/c1-24(12-5-3-7-21-9-12)16-23-25-14(10-22-15(25)27-16)11-4-2-6-13(8-11)26-17(18,19)20/h2-10H,1H3. The van der Waals surface area contributed by atoms with Crippen LogP contribution in [-0.2, 0) is 0 Å². The Morgan fingerprint density at radius 3 is 2.74 bits per heavy atom. The Hall–Kier alpha value is -3.14. The van der Waals surface area contributed by atoms with Crippen molar-refractivity contribution in [3.8, 4) is 17.0 Å². The monoisotopic (exact) mass is 391 g/mol.